The van der Waals surface area contributed by atoms with Crippen molar-refractivity contribution in [2.24, 2.45) is 5.92 Å². The Kier molecular flexibility index (Phi) is 9.25. The molecule has 0 aliphatic heterocycles. The molecule has 0 saturated heterocycles. The molecule has 12 heavy (non-hydrogen) atoms. The van der Waals surface area contributed by atoms with Gasteiger partial charge in [0, 0.05) is 5.75 Å². The summed E-state index contributed by atoms with van der Waals surface area (Å²) in [4.78, 5) is 0. The first-order valence-corrected chi connectivity index (χ1v) is 6.15. The van der Waals surface area contributed by atoms with Gasteiger partial charge in [-0.1, -0.05) is 32.9 Å². The fourth-order valence-electron chi connectivity index (χ4n) is 0.911. The molecule has 0 amide bonds. The Morgan fingerprint density at radius 1 is 1.25 bits per heavy atom. The van der Waals surface area contributed by atoms with E-state index in [2.05, 4.69) is 32.9 Å². The van der Waals surface area contributed by atoms with Crippen molar-refractivity contribution >= 4 is 11.8 Å². The topological polar surface area (TPSA) is 0 Å². The molecule has 0 fully saturated rings. The van der Waals surface area contributed by atoms with Crippen LogP contribution in [0.3, 0.4) is 0 Å². The van der Waals surface area contributed by atoms with E-state index in [9.17, 15) is 0 Å². The van der Waals surface area contributed by atoms with Gasteiger partial charge >= 0.3 is 0 Å². The summed E-state index contributed by atoms with van der Waals surface area (Å²) in [5, 5.41) is 0. The molecule has 0 aliphatic carbocycles. The molecular weight excluding hydrogens is 164 g/mol. The van der Waals surface area contributed by atoms with E-state index >= 15 is 0 Å². The lowest BCUT2D eigenvalue weighted by Crippen LogP contribution is -1.84. The second kappa shape index (κ2) is 9.18. The summed E-state index contributed by atoms with van der Waals surface area (Å²) < 4.78 is 0. The Morgan fingerprint density at radius 2 is 2.00 bits per heavy atom. The van der Waals surface area contributed by atoms with Crippen LogP contribution >= 0.6 is 11.8 Å². The van der Waals surface area contributed by atoms with E-state index in [1.165, 1.54) is 30.8 Å². The summed E-state index contributed by atoms with van der Waals surface area (Å²) in [6.45, 7) is 6.79. The number of hydrogen-bond acceptors (Lipinski definition) is 1. The van der Waals surface area contributed by atoms with Crippen LogP contribution in [0.15, 0.2) is 12.2 Å². The van der Waals surface area contributed by atoms with Crippen LogP contribution in [0.5, 0.6) is 0 Å². The third-order valence-corrected chi connectivity index (χ3v) is 2.76. The molecule has 0 aromatic heterocycles. The van der Waals surface area contributed by atoms with Crippen molar-refractivity contribution in [1.82, 2.24) is 0 Å². The predicted octanol–water partition coefficient (Wildman–Crippen LogP) is 4.12. The Hall–Kier alpha value is 0.0900. The molecule has 0 bridgehead atoms. The smallest absolute Gasteiger partial charge is 0.0113 e. The highest BCUT2D eigenvalue weighted by molar-refractivity contribution is 7.99. The summed E-state index contributed by atoms with van der Waals surface area (Å²) in [5.41, 5.74) is 0. The molecule has 0 N–H and O–H groups in total. The molecule has 0 aromatic rings. The molecule has 0 heterocycles. The number of thioether (sulfide) groups is 1. The van der Waals surface area contributed by atoms with E-state index in [-0.39, 0.29) is 0 Å². The molecule has 0 nitrogen and oxygen atoms in total. The van der Waals surface area contributed by atoms with E-state index in [4.69, 9.17) is 0 Å². The van der Waals surface area contributed by atoms with Crippen LogP contribution in [0, 0.1) is 5.92 Å². The van der Waals surface area contributed by atoms with Gasteiger partial charge in [-0.25, -0.2) is 0 Å². The molecule has 0 saturated carbocycles. The largest absolute Gasteiger partial charge is 0.158 e. The first-order chi connectivity index (χ1) is 5.77. The Labute approximate surface area is 81.8 Å². The zero-order valence-electron chi connectivity index (χ0n) is 8.68. The average Bonchev–Trinajstić information content (AvgIpc) is 2.02. The lowest BCUT2D eigenvalue weighted by Gasteiger charge is -1.98. The van der Waals surface area contributed by atoms with Crippen molar-refractivity contribution in [1.29, 1.82) is 0 Å². The van der Waals surface area contributed by atoms with Crippen molar-refractivity contribution in [2.45, 2.75) is 40.0 Å². The second-order valence-corrected chi connectivity index (χ2v) is 4.67. The first kappa shape index (κ1) is 12.1. The van der Waals surface area contributed by atoms with Crippen LogP contribution in [0.25, 0.3) is 0 Å². The van der Waals surface area contributed by atoms with Crippen LogP contribution in [0.2, 0.25) is 0 Å². The van der Waals surface area contributed by atoms with Crippen LogP contribution in [-0.4, -0.2) is 11.5 Å². The van der Waals surface area contributed by atoms with Crippen LogP contribution in [0.4, 0.5) is 0 Å². The molecule has 0 spiro atoms. The number of hydrogen-bond donors (Lipinski definition) is 0. The minimum atomic E-state index is 0.845. The maximum absolute atomic E-state index is 2.32. The Morgan fingerprint density at radius 3 is 2.58 bits per heavy atom. The Bertz CT molecular complexity index is 106. The van der Waals surface area contributed by atoms with Gasteiger partial charge in [0.05, 0.1) is 0 Å². The van der Waals surface area contributed by atoms with E-state index in [1.807, 2.05) is 11.8 Å². The van der Waals surface area contributed by atoms with Crippen LogP contribution < -0.4 is 0 Å². The van der Waals surface area contributed by atoms with Crippen molar-refractivity contribution < 1.29 is 0 Å². The fraction of sp³-hybridized carbons (Fsp3) is 0.818. The van der Waals surface area contributed by atoms with Gasteiger partial charge in [0.2, 0.25) is 0 Å². The fourth-order valence-corrected chi connectivity index (χ4v) is 1.64. The van der Waals surface area contributed by atoms with Gasteiger partial charge in [0.1, 0.15) is 0 Å². The lowest BCUT2D eigenvalue weighted by atomic mass is 10.1. The van der Waals surface area contributed by atoms with E-state index in [1.54, 1.807) is 0 Å². The van der Waals surface area contributed by atoms with Crippen LogP contribution in [-0.2, 0) is 0 Å². The quantitative estimate of drug-likeness (QED) is 0.426. The summed E-state index contributed by atoms with van der Waals surface area (Å²) >= 11 is 2.03. The highest BCUT2D eigenvalue weighted by Crippen LogP contribution is 2.06. The summed E-state index contributed by atoms with van der Waals surface area (Å²) in [5.74, 6) is 3.35. The van der Waals surface area contributed by atoms with Crippen molar-refractivity contribution in [2.75, 3.05) is 11.5 Å². The van der Waals surface area contributed by atoms with Gasteiger partial charge in [-0.2, -0.15) is 11.8 Å². The lowest BCUT2D eigenvalue weighted by molar-refractivity contribution is 0.594. The zero-order chi connectivity index (χ0) is 9.23. The second-order valence-electron chi connectivity index (χ2n) is 3.52. The van der Waals surface area contributed by atoms with Gasteiger partial charge < -0.3 is 0 Å². The van der Waals surface area contributed by atoms with E-state index < -0.39 is 0 Å². The maximum atomic E-state index is 2.32. The highest BCUT2D eigenvalue weighted by atomic mass is 32.2. The first-order valence-electron chi connectivity index (χ1n) is 5.00. The Balaban J connectivity index is 3.04. The van der Waals surface area contributed by atoms with Gasteiger partial charge in [-0.05, 0) is 30.9 Å². The molecule has 0 atom stereocenters. The predicted molar refractivity (Wildman–Crippen MR) is 60.8 cm³/mol. The molecule has 0 unspecified atom stereocenters. The third kappa shape index (κ3) is 10.1. The van der Waals surface area contributed by atoms with Crippen LogP contribution in [0.1, 0.15) is 40.0 Å². The molecule has 72 valence electrons. The SMILES string of the molecule is CCCSCC=CCCC(C)C. The number of allylic oxidation sites excluding steroid dienone is 1. The van der Waals surface area contributed by atoms with Gasteiger partial charge in [0.15, 0.2) is 0 Å². The third-order valence-electron chi connectivity index (χ3n) is 1.64. The molecular formula is C11H22S. The van der Waals surface area contributed by atoms with E-state index in [0.29, 0.717) is 0 Å². The van der Waals surface area contributed by atoms with Crippen molar-refractivity contribution in [3.05, 3.63) is 12.2 Å². The summed E-state index contributed by atoms with van der Waals surface area (Å²) in [6, 6.07) is 0. The van der Waals surface area contributed by atoms with E-state index in [0.717, 1.165) is 5.92 Å². The minimum Gasteiger partial charge on any atom is -0.158 e. The highest BCUT2D eigenvalue weighted by Gasteiger charge is 1.89. The molecule has 0 aliphatic rings. The molecule has 1 heteroatoms. The molecule has 0 aromatic carbocycles. The number of rotatable bonds is 7. The maximum Gasteiger partial charge on any atom is 0.0113 e. The normalized spacial score (nSPS) is 11.7. The zero-order valence-corrected chi connectivity index (χ0v) is 9.49. The van der Waals surface area contributed by atoms with Crippen molar-refractivity contribution in [3.63, 3.8) is 0 Å². The van der Waals surface area contributed by atoms with Gasteiger partial charge in [-0.3, -0.25) is 0 Å². The standard InChI is InChI=1S/C11H22S/c1-4-9-12-10-7-5-6-8-11(2)3/h5,7,11H,4,6,8-10H2,1-3H3. The molecule has 0 radical (unpaired) electrons. The average molecular weight is 186 g/mol. The van der Waals surface area contributed by atoms with Gasteiger partial charge in [-0.15, -0.1) is 0 Å². The molecule has 0 rings (SSSR count). The summed E-state index contributed by atoms with van der Waals surface area (Å²) in [6.07, 6.45) is 8.51. The summed E-state index contributed by atoms with van der Waals surface area (Å²) in [7, 11) is 0. The van der Waals surface area contributed by atoms with Gasteiger partial charge in [0.25, 0.3) is 0 Å². The van der Waals surface area contributed by atoms with Crippen molar-refractivity contribution in [3.8, 4) is 0 Å². The monoisotopic (exact) mass is 186 g/mol. The minimum absolute atomic E-state index is 0.845.